The summed E-state index contributed by atoms with van der Waals surface area (Å²) in [5, 5.41) is 2.78. The average molecular weight is 425 g/mol. The van der Waals surface area contributed by atoms with Gasteiger partial charge in [0.05, 0.1) is 5.75 Å². The maximum absolute atomic E-state index is 12.0. The molecule has 10 heteroatoms. The maximum Gasteiger partial charge on any atom is 0.326 e. The Morgan fingerprint density at radius 3 is 2.31 bits per heavy atom. The van der Waals surface area contributed by atoms with Crippen LogP contribution >= 0.6 is 0 Å². The van der Waals surface area contributed by atoms with Crippen LogP contribution in [0.25, 0.3) is 0 Å². The molecule has 9 nitrogen and oxygen atoms in total. The summed E-state index contributed by atoms with van der Waals surface area (Å²) in [7, 11) is -1.81. The average Bonchev–Trinajstić information content (AvgIpc) is 2.85. The van der Waals surface area contributed by atoms with Crippen molar-refractivity contribution < 1.29 is 22.8 Å². The second-order valence-corrected chi connectivity index (χ2v) is 9.17. The van der Waals surface area contributed by atoms with Gasteiger partial charge >= 0.3 is 6.03 Å². The highest BCUT2D eigenvalue weighted by atomic mass is 32.2. The number of hydrogen-bond acceptors (Lipinski definition) is 5. The lowest BCUT2D eigenvalue weighted by molar-refractivity contribution is -0.126. The fourth-order valence-electron chi connectivity index (χ4n) is 2.95. The van der Waals surface area contributed by atoms with Gasteiger partial charge in [-0.25, -0.2) is 17.9 Å². The number of nitrogens with zero attached hydrogens (tertiary/aromatic N) is 2. The fraction of sp³-hybridized carbons (Fsp3) is 0.526. The molecular weight excluding hydrogens is 396 g/mol. The number of urea groups is 1. The smallest absolute Gasteiger partial charge is 0.326 e. The van der Waals surface area contributed by atoms with Gasteiger partial charge < -0.3 is 10.2 Å². The molecule has 2 N–H and O–H groups in total. The Morgan fingerprint density at radius 2 is 1.76 bits per heavy atom. The van der Waals surface area contributed by atoms with E-state index in [-0.39, 0.29) is 49.2 Å². The molecule has 0 aromatic heterocycles. The molecule has 1 aromatic carbocycles. The second-order valence-electron chi connectivity index (χ2n) is 7.41. The van der Waals surface area contributed by atoms with Crippen LogP contribution in [-0.4, -0.2) is 62.2 Å². The van der Waals surface area contributed by atoms with Gasteiger partial charge in [-0.3, -0.25) is 14.5 Å². The molecule has 0 unspecified atom stereocenters. The van der Waals surface area contributed by atoms with E-state index in [0.717, 1.165) is 10.5 Å². The highest BCUT2D eigenvalue weighted by Gasteiger charge is 2.32. The SMILES string of the molecule is CC(C)NS(=O)(=O)Cc1ccc(CNC(=O)CCCN2C(=O)CN(C)C2=O)cc1. The Morgan fingerprint density at radius 1 is 1.14 bits per heavy atom. The molecule has 29 heavy (non-hydrogen) atoms. The second kappa shape index (κ2) is 9.84. The summed E-state index contributed by atoms with van der Waals surface area (Å²) >= 11 is 0. The minimum absolute atomic E-state index is 0.0792. The van der Waals surface area contributed by atoms with Gasteiger partial charge in [0.25, 0.3) is 0 Å². The molecule has 0 saturated carbocycles. The van der Waals surface area contributed by atoms with Crippen LogP contribution in [0.5, 0.6) is 0 Å². The molecule has 0 bridgehead atoms. The molecule has 2 rings (SSSR count). The third kappa shape index (κ3) is 7.13. The van der Waals surface area contributed by atoms with Crippen molar-refractivity contribution in [3.63, 3.8) is 0 Å². The molecule has 0 aliphatic carbocycles. The Bertz CT molecular complexity index is 852. The van der Waals surface area contributed by atoms with E-state index in [1.807, 2.05) is 0 Å². The molecule has 160 valence electrons. The first kappa shape index (κ1) is 22.8. The van der Waals surface area contributed by atoms with Crippen molar-refractivity contribution in [2.45, 2.75) is 45.0 Å². The Hall–Kier alpha value is -2.46. The van der Waals surface area contributed by atoms with Crippen molar-refractivity contribution in [3.8, 4) is 0 Å². The minimum atomic E-state index is -3.38. The van der Waals surface area contributed by atoms with Crippen LogP contribution in [-0.2, 0) is 31.9 Å². The van der Waals surface area contributed by atoms with Crippen LogP contribution in [0.3, 0.4) is 0 Å². The molecule has 0 atom stereocenters. The maximum atomic E-state index is 12.0. The number of rotatable bonds is 10. The number of likely N-dealkylation sites (N-methyl/N-ethyl adjacent to an activating group) is 1. The van der Waals surface area contributed by atoms with E-state index in [1.54, 1.807) is 45.2 Å². The first-order valence-electron chi connectivity index (χ1n) is 9.47. The van der Waals surface area contributed by atoms with Gasteiger partial charge in [0, 0.05) is 32.6 Å². The van der Waals surface area contributed by atoms with E-state index in [1.165, 1.54) is 4.90 Å². The van der Waals surface area contributed by atoms with Gasteiger partial charge in [-0.2, -0.15) is 0 Å². The van der Waals surface area contributed by atoms with Crippen molar-refractivity contribution in [1.82, 2.24) is 19.8 Å². The van der Waals surface area contributed by atoms with E-state index >= 15 is 0 Å². The zero-order chi connectivity index (χ0) is 21.6. The molecule has 0 radical (unpaired) electrons. The predicted molar refractivity (Wildman–Crippen MR) is 108 cm³/mol. The first-order valence-corrected chi connectivity index (χ1v) is 11.1. The third-order valence-electron chi connectivity index (χ3n) is 4.30. The number of sulfonamides is 1. The summed E-state index contributed by atoms with van der Waals surface area (Å²) < 4.78 is 26.4. The normalized spacial score (nSPS) is 14.8. The molecule has 1 aromatic rings. The Balaban J connectivity index is 1.73. The van der Waals surface area contributed by atoms with Gasteiger partial charge in [-0.05, 0) is 31.4 Å². The van der Waals surface area contributed by atoms with Crippen LogP contribution in [0.15, 0.2) is 24.3 Å². The predicted octanol–water partition coefficient (Wildman–Crippen LogP) is 0.805. The number of amides is 4. The molecular formula is C19H28N4O5S. The first-order chi connectivity index (χ1) is 13.6. The van der Waals surface area contributed by atoms with Crippen LogP contribution in [0.4, 0.5) is 4.79 Å². The van der Waals surface area contributed by atoms with E-state index in [4.69, 9.17) is 0 Å². The Labute approximate surface area is 171 Å². The third-order valence-corrected chi connectivity index (χ3v) is 5.84. The summed E-state index contributed by atoms with van der Waals surface area (Å²) in [5.74, 6) is -0.519. The zero-order valence-electron chi connectivity index (χ0n) is 17.0. The highest BCUT2D eigenvalue weighted by Crippen LogP contribution is 2.10. The number of carbonyl (C=O) groups is 3. The van der Waals surface area contributed by atoms with Gasteiger partial charge in [0.15, 0.2) is 0 Å². The van der Waals surface area contributed by atoms with Crippen molar-refractivity contribution in [1.29, 1.82) is 0 Å². The Kier molecular flexibility index (Phi) is 7.74. The van der Waals surface area contributed by atoms with Crippen molar-refractivity contribution in [3.05, 3.63) is 35.4 Å². The molecule has 1 aliphatic rings. The summed E-state index contributed by atoms with van der Waals surface area (Å²) in [4.78, 5) is 37.9. The van der Waals surface area contributed by atoms with E-state index < -0.39 is 10.0 Å². The van der Waals surface area contributed by atoms with E-state index in [9.17, 15) is 22.8 Å². The highest BCUT2D eigenvalue weighted by molar-refractivity contribution is 7.88. The summed E-state index contributed by atoms with van der Waals surface area (Å²) in [5.41, 5.74) is 1.51. The van der Waals surface area contributed by atoms with Gasteiger partial charge in [0.1, 0.15) is 6.54 Å². The van der Waals surface area contributed by atoms with Crippen LogP contribution in [0.2, 0.25) is 0 Å². The van der Waals surface area contributed by atoms with Gasteiger partial charge in [-0.1, -0.05) is 24.3 Å². The zero-order valence-corrected chi connectivity index (χ0v) is 17.8. The fourth-order valence-corrected chi connectivity index (χ4v) is 4.38. The number of hydrogen-bond donors (Lipinski definition) is 2. The topological polar surface area (TPSA) is 116 Å². The monoisotopic (exact) mass is 424 g/mol. The van der Waals surface area contributed by atoms with Crippen LogP contribution in [0, 0.1) is 0 Å². The number of carbonyl (C=O) groups excluding carboxylic acids is 3. The summed E-state index contributed by atoms with van der Waals surface area (Å²) in [6, 6.07) is 6.51. The lowest BCUT2D eigenvalue weighted by atomic mass is 10.1. The van der Waals surface area contributed by atoms with E-state index in [0.29, 0.717) is 18.5 Å². The molecule has 1 saturated heterocycles. The molecule has 1 heterocycles. The van der Waals surface area contributed by atoms with Crippen molar-refractivity contribution >= 4 is 27.9 Å². The van der Waals surface area contributed by atoms with Gasteiger partial charge in [-0.15, -0.1) is 0 Å². The van der Waals surface area contributed by atoms with Crippen LogP contribution < -0.4 is 10.0 Å². The van der Waals surface area contributed by atoms with Crippen molar-refractivity contribution in [2.24, 2.45) is 0 Å². The minimum Gasteiger partial charge on any atom is -0.352 e. The largest absolute Gasteiger partial charge is 0.352 e. The van der Waals surface area contributed by atoms with Crippen molar-refractivity contribution in [2.75, 3.05) is 20.1 Å². The standard InChI is InChI=1S/C19H28N4O5S/c1-14(2)21-29(27,28)13-16-8-6-15(7-9-16)11-20-17(24)5-4-10-23-18(25)12-22(3)19(23)26/h6-9,14,21H,4-5,10-13H2,1-3H3,(H,20,24). The number of benzene rings is 1. The quantitative estimate of drug-likeness (QED) is 0.539. The molecule has 0 spiro atoms. The molecule has 4 amide bonds. The van der Waals surface area contributed by atoms with Crippen LogP contribution in [0.1, 0.15) is 37.8 Å². The lowest BCUT2D eigenvalue weighted by Crippen LogP contribution is -2.33. The molecule has 1 aliphatic heterocycles. The van der Waals surface area contributed by atoms with E-state index in [2.05, 4.69) is 10.0 Å². The van der Waals surface area contributed by atoms with Gasteiger partial charge in [0.2, 0.25) is 21.8 Å². The lowest BCUT2D eigenvalue weighted by Gasteiger charge is -2.13. The summed E-state index contributed by atoms with van der Waals surface area (Å²) in [6.07, 6.45) is 0.606. The summed E-state index contributed by atoms with van der Waals surface area (Å²) in [6.45, 7) is 4.16. The molecule has 1 fully saturated rings. The number of nitrogens with one attached hydrogen (secondary N) is 2. The number of imide groups is 1.